The van der Waals surface area contributed by atoms with E-state index in [0.29, 0.717) is 18.0 Å². The van der Waals surface area contributed by atoms with E-state index in [0.717, 1.165) is 64.6 Å². The zero-order valence-electron chi connectivity index (χ0n) is 18.7. The summed E-state index contributed by atoms with van der Waals surface area (Å²) in [4.78, 5) is 8.14. The third-order valence-electron chi connectivity index (χ3n) is 6.89. The van der Waals surface area contributed by atoms with Crippen molar-refractivity contribution in [2.45, 2.75) is 25.3 Å². The Kier molecular flexibility index (Phi) is 5.12. The van der Waals surface area contributed by atoms with Gasteiger partial charge < -0.3 is 14.9 Å². The van der Waals surface area contributed by atoms with Gasteiger partial charge in [0.05, 0.1) is 11.1 Å². The van der Waals surface area contributed by atoms with Crippen LogP contribution < -0.4 is 5.32 Å². The molecule has 0 amide bonds. The molecule has 6 heteroatoms. The lowest BCUT2D eigenvalue weighted by Gasteiger charge is -2.21. The molecule has 3 aromatic heterocycles. The largest absolute Gasteiger partial charge is 0.343 e. The topological polar surface area (TPSA) is 69.4 Å². The first-order valence-electron chi connectivity index (χ1n) is 11.7. The summed E-state index contributed by atoms with van der Waals surface area (Å²) in [5.41, 5.74) is 6.76. The summed E-state index contributed by atoms with van der Waals surface area (Å²) in [5.74, 6) is 0.263. The minimum Gasteiger partial charge on any atom is -0.343 e. The van der Waals surface area contributed by atoms with Crippen LogP contribution in [0.15, 0.2) is 67.0 Å². The number of H-pyrrole nitrogens is 1. The van der Waals surface area contributed by atoms with Gasteiger partial charge in [-0.3, -0.25) is 0 Å². The monoisotopic (exact) mass is 449 g/mol. The van der Waals surface area contributed by atoms with E-state index in [-0.39, 0.29) is 5.82 Å². The van der Waals surface area contributed by atoms with Gasteiger partial charge in [-0.05, 0) is 73.0 Å². The maximum atomic E-state index is 13.8. The van der Waals surface area contributed by atoms with Gasteiger partial charge in [0.25, 0.3) is 0 Å². The zero-order chi connectivity index (χ0) is 23.1. The number of aromatic nitrogens is 3. The molecule has 4 heterocycles. The molecule has 0 bridgehead atoms. The van der Waals surface area contributed by atoms with Crippen molar-refractivity contribution in [3.63, 3.8) is 0 Å². The summed E-state index contributed by atoms with van der Waals surface area (Å²) >= 11 is 0. The lowest BCUT2D eigenvalue weighted by molar-refractivity contribution is 0.455. The number of hydrogen-bond acceptors (Lipinski definition) is 3. The van der Waals surface area contributed by atoms with Gasteiger partial charge in [0, 0.05) is 41.3 Å². The second kappa shape index (κ2) is 8.44. The van der Waals surface area contributed by atoms with E-state index in [1.807, 2.05) is 29.1 Å². The fourth-order valence-corrected chi connectivity index (χ4v) is 5.16. The second-order valence-electron chi connectivity index (χ2n) is 9.01. The van der Waals surface area contributed by atoms with E-state index in [1.54, 1.807) is 6.07 Å². The second-order valence-corrected chi connectivity index (χ2v) is 9.01. The number of nitrogens with one attached hydrogen (secondary N) is 2. The fourth-order valence-electron chi connectivity index (χ4n) is 5.16. The molecule has 0 saturated carbocycles. The van der Waals surface area contributed by atoms with Crippen LogP contribution in [0.25, 0.3) is 33.1 Å². The Morgan fingerprint density at radius 3 is 2.76 bits per heavy atom. The van der Waals surface area contributed by atoms with Gasteiger partial charge in [-0.2, -0.15) is 5.26 Å². The first-order valence-corrected chi connectivity index (χ1v) is 11.7. The summed E-state index contributed by atoms with van der Waals surface area (Å²) < 4.78 is 15.8. The molecule has 0 spiro atoms. The van der Waals surface area contributed by atoms with Gasteiger partial charge in [-0.1, -0.05) is 24.3 Å². The molecule has 0 unspecified atom stereocenters. The van der Waals surface area contributed by atoms with Crippen molar-refractivity contribution in [1.29, 1.82) is 5.26 Å². The summed E-state index contributed by atoms with van der Waals surface area (Å²) in [5, 5.41) is 15.1. The third kappa shape index (κ3) is 3.64. The molecule has 0 radical (unpaired) electrons. The van der Waals surface area contributed by atoms with E-state index < -0.39 is 0 Å². The van der Waals surface area contributed by atoms with Crippen LogP contribution in [0.5, 0.6) is 0 Å². The Hall–Kier alpha value is -3.95. The minimum atomic E-state index is -0.258. The number of halogens is 1. The number of pyridine rings is 1. The molecule has 1 aliphatic heterocycles. The highest BCUT2D eigenvalue weighted by Gasteiger charge is 2.19. The van der Waals surface area contributed by atoms with Crippen molar-refractivity contribution in [2.24, 2.45) is 0 Å². The number of piperidine rings is 1. The average Bonchev–Trinajstić information content (AvgIpc) is 3.46. The highest BCUT2D eigenvalue weighted by Crippen LogP contribution is 2.34. The number of fused-ring (bicyclic) bond motifs is 2. The van der Waals surface area contributed by atoms with E-state index >= 15 is 0 Å². The molecule has 1 aliphatic rings. The smallest absolute Gasteiger partial charge is 0.138 e. The predicted octanol–water partition coefficient (Wildman–Crippen LogP) is 5.71. The van der Waals surface area contributed by atoms with Crippen LogP contribution in [0, 0.1) is 17.1 Å². The lowest BCUT2D eigenvalue weighted by Crippen LogP contribution is -2.26. The van der Waals surface area contributed by atoms with Gasteiger partial charge in [-0.25, -0.2) is 9.37 Å². The Morgan fingerprint density at radius 1 is 1.06 bits per heavy atom. The number of rotatable bonds is 4. The Balaban J connectivity index is 1.45. The lowest BCUT2D eigenvalue weighted by atomic mass is 9.94. The maximum Gasteiger partial charge on any atom is 0.138 e. The Labute approximate surface area is 196 Å². The zero-order valence-corrected chi connectivity index (χ0v) is 18.7. The Bertz CT molecular complexity index is 1550. The van der Waals surface area contributed by atoms with Crippen LogP contribution in [-0.4, -0.2) is 27.6 Å². The standard InChI is InChI=1S/C28H24FN5/c29-22-3-1-2-18(12-22)16-34-17-21(15-30)24-5-4-20(13-27(24)34)23-8-11-32-28-25(23)14-26(33-28)19-6-9-31-10-7-19/h1-5,8,11-14,17,19,31H,6-7,9-10,16H2,(H,32,33). The van der Waals surface area contributed by atoms with Gasteiger partial charge in [0.1, 0.15) is 17.5 Å². The average molecular weight is 450 g/mol. The molecule has 0 aliphatic carbocycles. The highest BCUT2D eigenvalue weighted by atomic mass is 19.1. The molecule has 2 N–H and O–H groups in total. The third-order valence-corrected chi connectivity index (χ3v) is 6.89. The summed E-state index contributed by atoms with van der Waals surface area (Å²) in [7, 11) is 0. The molecular formula is C28H24FN5. The Morgan fingerprint density at radius 2 is 1.94 bits per heavy atom. The van der Waals surface area contributed by atoms with Gasteiger partial charge in [-0.15, -0.1) is 0 Å². The van der Waals surface area contributed by atoms with Crippen LogP contribution in [0.1, 0.15) is 35.6 Å². The van der Waals surface area contributed by atoms with Crippen LogP contribution in [0.2, 0.25) is 0 Å². The van der Waals surface area contributed by atoms with Crippen molar-refractivity contribution in [3.05, 3.63) is 89.6 Å². The van der Waals surface area contributed by atoms with E-state index in [9.17, 15) is 9.65 Å². The van der Waals surface area contributed by atoms with Gasteiger partial charge in [0.2, 0.25) is 0 Å². The number of hydrogen-bond donors (Lipinski definition) is 2. The fraction of sp³-hybridized carbons (Fsp3) is 0.214. The molecular weight excluding hydrogens is 425 g/mol. The summed E-state index contributed by atoms with van der Waals surface area (Å²) in [6.07, 6.45) is 5.95. The van der Waals surface area contributed by atoms with E-state index in [2.05, 4.69) is 45.6 Å². The highest BCUT2D eigenvalue weighted by molar-refractivity contribution is 5.97. The maximum absolute atomic E-state index is 13.8. The van der Waals surface area contributed by atoms with E-state index in [1.165, 1.54) is 17.8 Å². The molecule has 6 rings (SSSR count). The van der Waals surface area contributed by atoms with Crippen molar-refractivity contribution < 1.29 is 4.39 Å². The number of nitrogens with zero attached hydrogens (tertiary/aromatic N) is 3. The van der Waals surface area contributed by atoms with Crippen LogP contribution in [-0.2, 0) is 6.54 Å². The molecule has 1 saturated heterocycles. The van der Waals surface area contributed by atoms with Crippen molar-refractivity contribution in [1.82, 2.24) is 19.9 Å². The molecule has 2 aromatic carbocycles. The first-order chi connectivity index (χ1) is 16.7. The summed E-state index contributed by atoms with van der Waals surface area (Å²) in [6, 6.07) is 19.4. The summed E-state index contributed by atoms with van der Waals surface area (Å²) in [6.45, 7) is 2.58. The van der Waals surface area contributed by atoms with Crippen LogP contribution in [0.4, 0.5) is 4.39 Å². The van der Waals surface area contributed by atoms with Crippen LogP contribution >= 0.6 is 0 Å². The predicted molar refractivity (Wildman–Crippen MR) is 132 cm³/mol. The van der Waals surface area contributed by atoms with Crippen LogP contribution in [0.3, 0.4) is 0 Å². The first kappa shape index (κ1) is 20.6. The SMILES string of the molecule is N#Cc1cn(Cc2cccc(F)c2)c2cc(-c3ccnc4[nH]c(C5CCNCC5)cc34)ccc12. The number of nitriles is 1. The van der Waals surface area contributed by atoms with Gasteiger partial charge in [0.15, 0.2) is 0 Å². The normalized spacial score (nSPS) is 14.6. The molecule has 0 atom stereocenters. The number of aromatic amines is 1. The minimum absolute atomic E-state index is 0.258. The van der Waals surface area contributed by atoms with Crippen molar-refractivity contribution >= 4 is 21.9 Å². The molecule has 1 fully saturated rings. The van der Waals surface area contributed by atoms with Crippen molar-refractivity contribution in [2.75, 3.05) is 13.1 Å². The van der Waals surface area contributed by atoms with Gasteiger partial charge >= 0.3 is 0 Å². The molecule has 168 valence electrons. The molecule has 34 heavy (non-hydrogen) atoms. The van der Waals surface area contributed by atoms with E-state index in [4.69, 9.17) is 0 Å². The van der Waals surface area contributed by atoms with Crippen molar-refractivity contribution in [3.8, 4) is 17.2 Å². The molecule has 5 aromatic rings. The number of benzene rings is 2. The quantitative estimate of drug-likeness (QED) is 0.369. The molecule has 5 nitrogen and oxygen atoms in total.